The third-order valence-corrected chi connectivity index (χ3v) is 2.93. The molecular formula is C10H21N. The molecule has 1 heteroatoms. The van der Waals surface area contributed by atoms with Crippen LogP contribution < -0.4 is 5.32 Å². The summed E-state index contributed by atoms with van der Waals surface area (Å²) in [6, 6.07) is 0. The minimum Gasteiger partial charge on any atom is -0.311 e. The van der Waals surface area contributed by atoms with Crippen molar-refractivity contribution in [2.45, 2.75) is 46.6 Å². The van der Waals surface area contributed by atoms with Crippen molar-refractivity contribution >= 4 is 0 Å². The van der Waals surface area contributed by atoms with Gasteiger partial charge in [0.1, 0.15) is 0 Å². The lowest BCUT2D eigenvalue weighted by atomic mass is 9.71. The SMILES string of the molecule is CC(C)(C)C1CCNC1(C)C. The van der Waals surface area contributed by atoms with Gasteiger partial charge in [0.15, 0.2) is 0 Å². The maximum absolute atomic E-state index is 3.55. The van der Waals surface area contributed by atoms with E-state index in [2.05, 4.69) is 39.9 Å². The first-order valence-electron chi connectivity index (χ1n) is 4.59. The van der Waals surface area contributed by atoms with Crippen LogP contribution in [0.4, 0.5) is 0 Å². The molecule has 1 unspecified atom stereocenters. The molecular weight excluding hydrogens is 134 g/mol. The normalized spacial score (nSPS) is 30.8. The van der Waals surface area contributed by atoms with Crippen molar-refractivity contribution in [2.24, 2.45) is 11.3 Å². The Morgan fingerprint density at radius 1 is 1.27 bits per heavy atom. The molecule has 0 spiro atoms. The highest BCUT2D eigenvalue weighted by Crippen LogP contribution is 2.39. The van der Waals surface area contributed by atoms with E-state index in [1.165, 1.54) is 13.0 Å². The van der Waals surface area contributed by atoms with Gasteiger partial charge in [-0.3, -0.25) is 0 Å². The maximum atomic E-state index is 3.55. The number of hydrogen-bond acceptors (Lipinski definition) is 1. The van der Waals surface area contributed by atoms with Crippen LogP contribution in [0.25, 0.3) is 0 Å². The zero-order valence-electron chi connectivity index (χ0n) is 8.49. The molecule has 1 nitrogen and oxygen atoms in total. The molecule has 1 N–H and O–H groups in total. The summed E-state index contributed by atoms with van der Waals surface area (Å²) < 4.78 is 0. The second-order valence-electron chi connectivity index (χ2n) is 5.36. The van der Waals surface area contributed by atoms with Gasteiger partial charge in [-0.1, -0.05) is 20.8 Å². The molecule has 1 rings (SSSR count). The van der Waals surface area contributed by atoms with Gasteiger partial charge >= 0.3 is 0 Å². The molecule has 1 saturated heterocycles. The fourth-order valence-corrected chi connectivity index (χ4v) is 2.54. The molecule has 0 saturated carbocycles. The summed E-state index contributed by atoms with van der Waals surface area (Å²) >= 11 is 0. The van der Waals surface area contributed by atoms with E-state index in [-0.39, 0.29) is 0 Å². The van der Waals surface area contributed by atoms with Crippen molar-refractivity contribution in [1.82, 2.24) is 5.32 Å². The zero-order chi connectivity index (χ0) is 8.70. The molecule has 0 aliphatic carbocycles. The monoisotopic (exact) mass is 155 g/mol. The average Bonchev–Trinajstić information content (AvgIpc) is 2.06. The van der Waals surface area contributed by atoms with Crippen LogP contribution in [-0.4, -0.2) is 12.1 Å². The van der Waals surface area contributed by atoms with Gasteiger partial charge in [0.2, 0.25) is 0 Å². The summed E-state index contributed by atoms with van der Waals surface area (Å²) in [5, 5.41) is 3.55. The lowest BCUT2D eigenvalue weighted by Gasteiger charge is -2.37. The van der Waals surface area contributed by atoms with E-state index in [1.807, 2.05) is 0 Å². The van der Waals surface area contributed by atoms with E-state index in [0.717, 1.165) is 5.92 Å². The van der Waals surface area contributed by atoms with Crippen molar-refractivity contribution < 1.29 is 0 Å². The van der Waals surface area contributed by atoms with Crippen LogP contribution in [0.5, 0.6) is 0 Å². The van der Waals surface area contributed by atoms with E-state index >= 15 is 0 Å². The quantitative estimate of drug-likeness (QED) is 0.566. The summed E-state index contributed by atoms with van der Waals surface area (Å²) in [6.45, 7) is 12.8. The first-order chi connectivity index (χ1) is 4.84. The first-order valence-corrected chi connectivity index (χ1v) is 4.59. The van der Waals surface area contributed by atoms with Crippen molar-refractivity contribution in [3.63, 3.8) is 0 Å². The van der Waals surface area contributed by atoms with Crippen LogP contribution in [0.3, 0.4) is 0 Å². The summed E-state index contributed by atoms with van der Waals surface area (Å²) in [4.78, 5) is 0. The summed E-state index contributed by atoms with van der Waals surface area (Å²) in [6.07, 6.45) is 1.33. The molecule has 0 aromatic heterocycles. The van der Waals surface area contributed by atoms with E-state index in [4.69, 9.17) is 0 Å². The standard InChI is InChI=1S/C10H21N/c1-9(2,3)8-6-7-11-10(8,4)5/h8,11H,6-7H2,1-5H3. The van der Waals surface area contributed by atoms with Gasteiger partial charge < -0.3 is 5.32 Å². The second-order valence-corrected chi connectivity index (χ2v) is 5.36. The predicted molar refractivity (Wildman–Crippen MR) is 49.6 cm³/mol. The van der Waals surface area contributed by atoms with E-state index < -0.39 is 0 Å². The van der Waals surface area contributed by atoms with Gasteiger partial charge in [-0.15, -0.1) is 0 Å². The molecule has 0 amide bonds. The summed E-state index contributed by atoms with van der Waals surface area (Å²) in [5.74, 6) is 0.815. The molecule has 1 aliphatic rings. The zero-order valence-corrected chi connectivity index (χ0v) is 8.49. The van der Waals surface area contributed by atoms with Gasteiger partial charge in [0.25, 0.3) is 0 Å². The largest absolute Gasteiger partial charge is 0.311 e. The highest BCUT2D eigenvalue weighted by molar-refractivity contribution is 4.97. The minimum atomic E-state index is 0.345. The van der Waals surface area contributed by atoms with E-state index in [0.29, 0.717) is 11.0 Å². The third kappa shape index (κ3) is 1.76. The summed E-state index contributed by atoms with van der Waals surface area (Å²) in [5.41, 5.74) is 0.797. The van der Waals surface area contributed by atoms with Crippen LogP contribution in [0.15, 0.2) is 0 Å². The van der Waals surface area contributed by atoms with Crippen LogP contribution in [-0.2, 0) is 0 Å². The van der Waals surface area contributed by atoms with Crippen molar-refractivity contribution in [2.75, 3.05) is 6.54 Å². The van der Waals surface area contributed by atoms with Gasteiger partial charge in [0, 0.05) is 5.54 Å². The average molecular weight is 155 g/mol. The molecule has 0 aromatic carbocycles. The van der Waals surface area contributed by atoms with E-state index in [1.54, 1.807) is 0 Å². The summed E-state index contributed by atoms with van der Waals surface area (Å²) in [7, 11) is 0. The van der Waals surface area contributed by atoms with Crippen molar-refractivity contribution in [3.05, 3.63) is 0 Å². The minimum absolute atomic E-state index is 0.345. The smallest absolute Gasteiger partial charge is 0.0158 e. The van der Waals surface area contributed by atoms with Crippen molar-refractivity contribution in [3.8, 4) is 0 Å². The molecule has 66 valence electrons. The molecule has 1 aliphatic heterocycles. The van der Waals surface area contributed by atoms with Crippen LogP contribution in [0, 0.1) is 11.3 Å². The Balaban J connectivity index is 2.73. The van der Waals surface area contributed by atoms with Gasteiger partial charge in [0.05, 0.1) is 0 Å². The number of nitrogens with one attached hydrogen (secondary N) is 1. The highest BCUT2D eigenvalue weighted by Gasteiger charge is 2.40. The number of hydrogen-bond donors (Lipinski definition) is 1. The topological polar surface area (TPSA) is 12.0 Å². The Bertz CT molecular complexity index is 141. The Morgan fingerprint density at radius 3 is 2.00 bits per heavy atom. The lowest BCUT2D eigenvalue weighted by molar-refractivity contribution is 0.167. The van der Waals surface area contributed by atoms with Gasteiger partial charge in [-0.2, -0.15) is 0 Å². The predicted octanol–water partition coefficient (Wildman–Crippen LogP) is 2.42. The fourth-order valence-electron chi connectivity index (χ4n) is 2.54. The first kappa shape index (κ1) is 9.05. The fraction of sp³-hybridized carbons (Fsp3) is 1.00. The van der Waals surface area contributed by atoms with Gasteiger partial charge in [-0.05, 0) is 38.1 Å². The van der Waals surface area contributed by atoms with Crippen LogP contribution in [0.2, 0.25) is 0 Å². The number of rotatable bonds is 0. The molecule has 1 fully saturated rings. The maximum Gasteiger partial charge on any atom is 0.0158 e. The Morgan fingerprint density at radius 2 is 1.82 bits per heavy atom. The highest BCUT2D eigenvalue weighted by atomic mass is 15.0. The molecule has 1 atom stereocenters. The molecule has 0 aromatic rings. The van der Waals surface area contributed by atoms with Gasteiger partial charge in [-0.25, -0.2) is 0 Å². The van der Waals surface area contributed by atoms with Crippen molar-refractivity contribution in [1.29, 1.82) is 0 Å². The Labute approximate surface area is 70.6 Å². The van der Waals surface area contributed by atoms with Crippen LogP contribution in [0.1, 0.15) is 41.0 Å². The Kier molecular flexibility index (Phi) is 2.04. The Hall–Kier alpha value is -0.0400. The third-order valence-electron chi connectivity index (χ3n) is 2.93. The molecule has 0 radical (unpaired) electrons. The molecule has 1 heterocycles. The molecule has 0 bridgehead atoms. The lowest BCUT2D eigenvalue weighted by Crippen LogP contribution is -2.43. The second kappa shape index (κ2) is 2.48. The van der Waals surface area contributed by atoms with Crippen LogP contribution >= 0.6 is 0 Å². The van der Waals surface area contributed by atoms with E-state index in [9.17, 15) is 0 Å². The molecule has 11 heavy (non-hydrogen) atoms.